The molecule has 2 aliphatic rings. The highest BCUT2D eigenvalue weighted by atomic mass is 16.5. The van der Waals surface area contributed by atoms with Crippen LogP contribution in [-0.4, -0.2) is 49.7 Å². The van der Waals surface area contributed by atoms with E-state index in [1.807, 2.05) is 30.0 Å². The quantitative estimate of drug-likeness (QED) is 0.892. The van der Waals surface area contributed by atoms with Crippen molar-refractivity contribution in [1.29, 1.82) is 0 Å². The monoisotopic (exact) mass is 289 g/mol. The Morgan fingerprint density at radius 3 is 2.86 bits per heavy atom. The average Bonchev–Trinajstić information content (AvgIpc) is 3.04. The van der Waals surface area contributed by atoms with Crippen LogP contribution in [0.1, 0.15) is 30.1 Å². The van der Waals surface area contributed by atoms with E-state index in [-0.39, 0.29) is 12.0 Å². The Labute approximate surface area is 125 Å². The molecule has 0 spiro atoms. The van der Waals surface area contributed by atoms with Crippen molar-refractivity contribution in [2.24, 2.45) is 0 Å². The molecule has 0 bridgehead atoms. The summed E-state index contributed by atoms with van der Waals surface area (Å²) in [7, 11) is 0. The first-order chi connectivity index (χ1) is 10.3. The summed E-state index contributed by atoms with van der Waals surface area (Å²) < 4.78 is 5.65. The van der Waals surface area contributed by atoms with Crippen LogP contribution >= 0.6 is 0 Å². The predicted octanol–water partition coefficient (Wildman–Crippen LogP) is 2.17. The zero-order valence-corrected chi connectivity index (χ0v) is 12.5. The third-order valence-electron chi connectivity index (χ3n) is 4.14. The first kappa shape index (κ1) is 14.2. The summed E-state index contributed by atoms with van der Waals surface area (Å²) in [5, 5.41) is 6.65. The standard InChI is InChI=1S/C16H23N3O2/c1-2-19(11-13-4-3-9-21-13)16(20)12-5-6-14-15(10-12)18-8-7-17-14/h5-6,10,13,17-18H,2-4,7-9,11H2,1H3. The molecule has 1 aromatic carbocycles. The Hall–Kier alpha value is -1.75. The number of carbonyl (C=O) groups is 1. The summed E-state index contributed by atoms with van der Waals surface area (Å²) in [6.45, 7) is 6.05. The van der Waals surface area contributed by atoms with Crippen molar-refractivity contribution >= 4 is 17.3 Å². The molecule has 2 N–H and O–H groups in total. The fourth-order valence-corrected chi connectivity index (χ4v) is 2.94. The molecule has 0 aromatic heterocycles. The Bertz CT molecular complexity index is 512. The van der Waals surface area contributed by atoms with Crippen molar-refractivity contribution in [3.05, 3.63) is 23.8 Å². The van der Waals surface area contributed by atoms with E-state index in [1.165, 1.54) is 0 Å². The number of benzene rings is 1. The molecular formula is C16H23N3O2. The number of nitrogens with zero attached hydrogens (tertiary/aromatic N) is 1. The number of fused-ring (bicyclic) bond motifs is 1. The van der Waals surface area contributed by atoms with Crippen LogP contribution in [-0.2, 0) is 4.74 Å². The van der Waals surface area contributed by atoms with Crippen molar-refractivity contribution in [3.8, 4) is 0 Å². The molecule has 0 saturated carbocycles. The third-order valence-corrected chi connectivity index (χ3v) is 4.14. The molecule has 5 heteroatoms. The molecular weight excluding hydrogens is 266 g/mol. The van der Waals surface area contributed by atoms with Crippen LogP contribution in [0.15, 0.2) is 18.2 Å². The molecule has 1 fully saturated rings. The number of ether oxygens (including phenoxy) is 1. The number of hydrogen-bond donors (Lipinski definition) is 2. The van der Waals surface area contributed by atoms with E-state index >= 15 is 0 Å². The molecule has 5 nitrogen and oxygen atoms in total. The molecule has 0 radical (unpaired) electrons. The lowest BCUT2D eigenvalue weighted by Crippen LogP contribution is -2.37. The summed E-state index contributed by atoms with van der Waals surface area (Å²) in [4.78, 5) is 14.6. The van der Waals surface area contributed by atoms with E-state index in [0.29, 0.717) is 13.1 Å². The van der Waals surface area contributed by atoms with Gasteiger partial charge in [-0.05, 0) is 38.0 Å². The predicted molar refractivity (Wildman–Crippen MR) is 84.0 cm³/mol. The minimum Gasteiger partial charge on any atom is -0.382 e. The van der Waals surface area contributed by atoms with Gasteiger partial charge in [-0.1, -0.05) is 0 Å². The number of rotatable bonds is 4. The number of anilines is 2. The van der Waals surface area contributed by atoms with E-state index in [4.69, 9.17) is 4.74 Å². The number of nitrogens with one attached hydrogen (secondary N) is 2. The van der Waals surface area contributed by atoms with E-state index in [2.05, 4.69) is 10.6 Å². The molecule has 1 amide bonds. The zero-order valence-electron chi connectivity index (χ0n) is 12.5. The highest BCUT2D eigenvalue weighted by Gasteiger charge is 2.23. The first-order valence-electron chi connectivity index (χ1n) is 7.80. The van der Waals surface area contributed by atoms with Crippen LogP contribution in [0, 0.1) is 0 Å². The Balaban J connectivity index is 1.73. The maximum atomic E-state index is 12.7. The molecule has 1 unspecified atom stereocenters. The second-order valence-corrected chi connectivity index (χ2v) is 5.59. The van der Waals surface area contributed by atoms with Crippen LogP contribution in [0.3, 0.4) is 0 Å². The van der Waals surface area contributed by atoms with Crippen molar-refractivity contribution in [2.45, 2.75) is 25.9 Å². The first-order valence-corrected chi connectivity index (χ1v) is 7.80. The largest absolute Gasteiger partial charge is 0.382 e. The third kappa shape index (κ3) is 3.13. The number of likely N-dealkylation sites (N-methyl/N-ethyl adjacent to an activating group) is 1. The molecule has 2 heterocycles. The second kappa shape index (κ2) is 6.35. The normalized spacial score (nSPS) is 20.3. The Kier molecular flexibility index (Phi) is 4.29. The van der Waals surface area contributed by atoms with Crippen LogP contribution in [0.25, 0.3) is 0 Å². The zero-order chi connectivity index (χ0) is 14.7. The molecule has 1 atom stereocenters. The van der Waals surface area contributed by atoms with Crippen LogP contribution in [0.4, 0.5) is 11.4 Å². The summed E-state index contributed by atoms with van der Waals surface area (Å²) >= 11 is 0. The van der Waals surface area contributed by atoms with E-state index in [9.17, 15) is 4.79 Å². The van der Waals surface area contributed by atoms with Gasteiger partial charge in [0.1, 0.15) is 0 Å². The fraction of sp³-hybridized carbons (Fsp3) is 0.562. The van der Waals surface area contributed by atoms with Gasteiger partial charge in [0.05, 0.1) is 17.5 Å². The molecule has 21 heavy (non-hydrogen) atoms. The van der Waals surface area contributed by atoms with Crippen molar-refractivity contribution in [1.82, 2.24) is 4.90 Å². The average molecular weight is 289 g/mol. The molecule has 0 aliphatic carbocycles. The lowest BCUT2D eigenvalue weighted by Gasteiger charge is -2.25. The minimum atomic E-state index is 0.0863. The Morgan fingerprint density at radius 1 is 1.33 bits per heavy atom. The lowest BCUT2D eigenvalue weighted by atomic mass is 10.1. The van der Waals surface area contributed by atoms with E-state index < -0.39 is 0 Å². The lowest BCUT2D eigenvalue weighted by molar-refractivity contribution is 0.0539. The van der Waals surface area contributed by atoms with Crippen molar-refractivity contribution in [3.63, 3.8) is 0 Å². The molecule has 1 saturated heterocycles. The Morgan fingerprint density at radius 2 is 2.14 bits per heavy atom. The molecule has 3 rings (SSSR count). The van der Waals surface area contributed by atoms with Gasteiger partial charge < -0.3 is 20.3 Å². The van der Waals surface area contributed by atoms with E-state index in [0.717, 1.165) is 49.5 Å². The van der Waals surface area contributed by atoms with Gasteiger partial charge in [-0.2, -0.15) is 0 Å². The summed E-state index contributed by atoms with van der Waals surface area (Å²) in [6.07, 6.45) is 2.36. The van der Waals surface area contributed by atoms with Gasteiger partial charge in [-0.15, -0.1) is 0 Å². The number of hydrogen-bond acceptors (Lipinski definition) is 4. The second-order valence-electron chi connectivity index (χ2n) is 5.59. The molecule has 2 aliphatic heterocycles. The summed E-state index contributed by atoms with van der Waals surface area (Å²) in [6, 6.07) is 5.83. The van der Waals surface area contributed by atoms with Gasteiger partial charge in [0, 0.05) is 38.3 Å². The number of carbonyl (C=O) groups excluding carboxylic acids is 1. The van der Waals surface area contributed by atoms with Crippen molar-refractivity contribution in [2.75, 3.05) is 43.4 Å². The van der Waals surface area contributed by atoms with Crippen LogP contribution in [0.2, 0.25) is 0 Å². The topological polar surface area (TPSA) is 53.6 Å². The SMILES string of the molecule is CCN(CC1CCCO1)C(=O)c1ccc2c(c1)NCCN2. The minimum absolute atomic E-state index is 0.0863. The van der Waals surface area contributed by atoms with Gasteiger partial charge in [0.15, 0.2) is 0 Å². The smallest absolute Gasteiger partial charge is 0.254 e. The van der Waals surface area contributed by atoms with Gasteiger partial charge >= 0.3 is 0 Å². The summed E-state index contributed by atoms with van der Waals surface area (Å²) in [5.41, 5.74) is 2.82. The highest BCUT2D eigenvalue weighted by Crippen LogP contribution is 2.26. The maximum Gasteiger partial charge on any atom is 0.254 e. The van der Waals surface area contributed by atoms with E-state index in [1.54, 1.807) is 0 Å². The van der Waals surface area contributed by atoms with Gasteiger partial charge in [-0.3, -0.25) is 4.79 Å². The van der Waals surface area contributed by atoms with Gasteiger partial charge in [-0.25, -0.2) is 0 Å². The van der Waals surface area contributed by atoms with Crippen LogP contribution in [0.5, 0.6) is 0 Å². The van der Waals surface area contributed by atoms with Gasteiger partial charge in [0.25, 0.3) is 5.91 Å². The van der Waals surface area contributed by atoms with Crippen LogP contribution < -0.4 is 10.6 Å². The molecule has 1 aromatic rings. The van der Waals surface area contributed by atoms with Gasteiger partial charge in [0.2, 0.25) is 0 Å². The summed E-state index contributed by atoms with van der Waals surface area (Å²) in [5.74, 6) is 0.0863. The maximum absolute atomic E-state index is 12.7. The highest BCUT2D eigenvalue weighted by molar-refractivity contribution is 5.96. The fourth-order valence-electron chi connectivity index (χ4n) is 2.94. The molecule has 114 valence electrons. The number of amides is 1. The van der Waals surface area contributed by atoms with Crippen molar-refractivity contribution < 1.29 is 9.53 Å².